The quantitative estimate of drug-likeness (QED) is 0.824. The van der Waals surface area contributed by atoms with Crippen LogP contribution in [0.3, 0.4) is 0 Å². The van der Waals surface area contributed by atoms with Crippen molar-refractivity contribution in [2.45, 2.75) is 51.8 Å². The number of carbonyl (C=O) groups is 2. The summed E-state index contributed by atoms with van der Waals surface area (Å²) in [7, 11) is 1.36. The first-order valence-corrected chi connectivity index (χ1v) is 8.26. The third kappa shape index (κ3) is 5.26. The fourth-order valence-electron chi connectivity index (χ4n) is 2.62. The minimum atomic E-state index is -0.461. The number of methoxy groups -OCH3 is 1. The van der Waals surface area contributed by atoms with E-state index in [1.54, 1.807) is 11.0 Å². The highest BCUT2D eigenvalue weighted by molar-refractivity contribution is 5.87. The van der Waals surface area contributed by atoms with Crippen LogP contribution in [0.15, 0.2) is 12.1 Å². The number of carbonyl (C=O) groups excluding carboxylic acids is 2. The number of esters is 1. The number of aromatic nitrogens is 1. The van der Waals surface area contributed by atoms with E-state index in [2.05, 4.69) is 15.0 Å². The van der Waals surface area contributed by atoms with Gasteiger partial charge < -0.3 is 24.7 Å². The predicted octanol–water partition coefficient (Wildman–Crippen LogP) is 2.29. The Bertz CT molecular complexity index is 569. The standard InChI is InChI=1S/C17H27N3O4/c1-17(2,3)24-16(22)20-9-7-12(8-10-20)18-11-13-5-6-14(19-13)15(21)23-4/h5-6,12,18-19H,7-11H2,1-4H3. The number of nitrogens with one attached hydrogen (secondary N) is 2. The Hall–Kier alpha value is -2.02. The van der Waals surface area contributed by atoms with Crippen LogP contribution in [0.4, 0.5) is 4.79 Å². The second-order valence-electron chi connectivity index (χ2n) is 7.01. The first-order chi connectivity index (χ1) is 11.3. The van der Waals surface area contributed by atoms with Gasteiger partial charge in [0.15, 0.2) is 0 Å². The van der Waals surface area contributed by atoms with Gasteiger partial charge in [0.1, 0.15) is 11.3 Å². The van der Waals surface area contributed by atoms with Crippen molar-refractivity contribution in [1.29, 1.82) is 0 Å². The van der Waals surface area contributed by atoms with Gasteiger partial charge >= 0.3 is 12.1 Å². The van der Waals surface area contributed by atoms with Gasteiger partial charge in [0.25, 0.3) is 0 Å². The van der Waals surface area contributed by atoms with Gasteiger partial charge in [-0.05, 0) is 45.7 Å². The first-order valence-electron chi connectivity index (χ1n) is 8.26. The summed E-state index contributed by atoms with van der Waals surface area (Å²) >= 11 is 0. The van der Waals surface area contributed by atoms with Crippen LogP contribution < -0.4 is 5.32 Å². The summed E-state index contributed by atoms with van der Waals surface area (Å²) in [6, 6.07) is 3.93. The SMILES string of the molecule is COC(=O)c1ccc(CNC2CCN(C(=O)OC(C)(C)C)CC2)[nH]1. The van der Waals surface area contributed by atoms with E-state index in [0.29, 0.717) is 31.4 Å². The molecule has 1 amide bonds. The molecule has 2 heterocycles. The molecule has 1 aliphatic heterocycles. The number of piperidine rings is 1. The molecule has 2 rings (SSSR count). The lowest BCUT2D eigenvalue weighted by Crippen LogP contribution is -2.46. The molecule has 1 fully saturated rings. The Morgan fingerprint density at radius 1 is 1.29 bits per heavy atom. The van der Waals surface area contributed by atoms with E-state index in [9.17, 15) is 9.59 Å². The molecular formula is C17H27N3O4. The van der Waals surface area contributed by atoms with Crippen LogP contribution in [0.2, 0.25) is 0 Å². The van der Waals surface area contributed by atoms with E-state index in [1.165, 1.54) is 7.11 Å². The molecular weight excluding hydrogens is 310 g/mol. The molecule has 134 valence electrons. The number of hydrogen-bond acceptors (Lipinski definition) is 5. The summed E-state index contributed by atoms with van der Waals surface area (Å²) in [5.74, 6) is -0.369. The maximum Gasteiger partial charge on any atom is 0.410 e. The molecule has 0 saturated carbocycles. The topological polar surface area (TPSA) is 83.7 Å². The van der Waals surface area contributed by atoms with Crippen molar-refractivity contribution >= 4 is 12.1 Å². The van der Waals surface area contributed by atoms with Crippen molar-refractivity contribution in [3.63, 3.8) is 0 Å². The smallest absolute Gasteiger partial charge is 0.410 e. The molecule has 1 saturated heterocycles. The molecule has 0 aromatic carbocycles. The lowest BCUT2D eigenvalue weighted by atomic mass is 10.1. The summed E-state index contributed by atoms with van der Waals surface area (Å²) < 4.78 is 10.1. The molecule has 24 heavy (non-hydrogen) atoms. The van der Waals surface area contributed by atoms with Crippen molar-refractivity contribution in [3.8, 4) is 0 Å². The number of ether oxygens (including phenoxy) is 2. The van der Waals surface area contributed by atoms with Gasteiger partial charge in [0.05, 0.1) is 7.11 Å². The Morgan fingerprint density at radius 3 is 2.54 bits per heavy atom. The summed E-state index contributed by atoms with van der Waals surface area (Å²) in [5, 5.41) is 3.45. The van der Waals surface area contributed by atoms with Gasteiger partial charge in [-0.1, -0.05) is 0 Å². The van der Waals surface area contributed by atoms with E-state index < -0.39 is 5.60 Å². The zero-order valence-corrected chi connectivity index (χ0v) is 14.8. The molecule has 0 spiro atoms. The summed E-state index contributed by atoms with van der Waals surface area (Å²) in [6.45, 7) is 7.64. The van der Waals surface area contributed by atoms with Gasteiger partial charge in [-0.15, -0.1) is 0 Å². The van der Waals surface area contributed by atoms with Crippen LogP contribution in [0, 0.1) is 0 Å². The first kappa shape index (κ1) is 18.3. The van der Waals surface area contributed by atoms with Crippen LogP contribution >= 0.6 is 0 Å². The number of nitrogens with zero attached hydrogens (tertiary/aromatic N) is 1. The Labute approximate surface area is 142 Å². The van der Waals surface area contributed by atoms with Crippen molar-refractivity contribution in [2.75, 3.05) is 20.2 Å². The average Bonchev–Trinajstić information content (AvgIpc) is 3.00. The van der Waals surface area contributed by atoms with Gasteiger partial charge in [0, 0.05) is 31.4 Å². The Balaban J connectivity index is 1.74. The lowest BCUT2D eigenvalue weighted by molar-refractivity contribution is 0.0198. The third-order valence-electron chi connectivity index (χ3n) is 3.88. The van der Waals surface area contributed by atoms with E-state index in [-0.39, 0.29) is 12.1 Å². The number of hydrogen-bond donors (Lipinski definition) is 2. The maximum absolute atomic E-state index is 12.0. The lowest BCUT2D eigenvalue weighted by Gasteiger charge is -2.33. The number of aromatic amines is 1. The molecule has 0 atom stereocenters. The van der Waals surface area contributed by atoms with Gasteiger partial charge in [-0.3, -0.25) is 0 Å². The van der Waals surface area contributed by atoms with Crippen molar-refractivity contribution in [1.82, 2.24) is 15.2 Å². The van der Waals surface area contributed by atoms with Crippen LogP contribution in [0.5, 0.6) is 0 Å². The van der Waals surface area contributed by atoms with E-state index >= 15 is 0 Å². The third-order valence-corrected chi connectivity index (χ3v) is 3.88. The van der Waals surface area contributed by atoms with Crippen molar-refractivity contribution in [3.05, 3.63) is 23.5 Å². The zero-order valence-electron chi connectivity index (χ0n) is 14.8. The molecule has 2 N–H and O–H groups in total. The maximum atomic E-state index is 12.0. The number of rotatable bonds is 4. The van der Waals surface area contributed by atoms with Gasteiger partial charge in [-0.2, -0.15) is 0 Å². The number of amides is 1. The Morgan fingerprint density at radius 2 is 1.96 bits per heavy atom. The monoisotopic (exact) mass is 337 g/mol. The van der Waals surface area contributed by atoms with Crippen LogP contribution in [0.25, 0.3) is 0 Å². The molecule has 0 unspecified atom stereocenters. The molecule has 0 radical (unpaired) electrons. The Kier molecular flexibility index (Phi) is 5.88. The molecule has 1 aromatic rings. The average molecular weight is 337 g/mol. The van der Waals surface area contributed by atoms with Crippen LogP contribution in [-0.2, 0) is 16.0 Å². The fraction of sp³-hybridized carbons (Fsp3) is 0.647. The predicted molar refractivity (Wildman–Crippen MR) is 89.8 cm³/mol. The molecule has 1 aliphatic rings. The second kappa shape index (κ2) is 7.70. The molecule has 0 bridgehead atoms. The molecule has 0 aliphatic carbocycles. The largest absolute Gasteiger partial charge is 0.464 e. The zero-order chi connectivity index (χ0) is 17.7. The minimum Gasteiger partial charge on any atom is -0.464 e. The molecule has 7 heteroatoms. The number of H-pyrrole nitrogens is 1. The minimum absolute atomic E-state index is 0.243. The number of likely N-dealkylation sites (tertiary alicyclic amines) is 1. The summed E-state index contributed by atoms with van der Waals surface area (Å²) in [4.78, 5) is 28.2. The van der Waals surface area contributed by atoms with Gasteiger partial charge in [0.2, 0.25) is 0 Å². The fourth-order valence-corrected chi connectivity index (χ4v) is 2.62. The highest BCUT2D eigenvalue weighted by Crippen LogP contribution is 2.16. The van der Waals surface area contributed by atoms with E-state index in [4.69, 9.17) is 4.74 Å². The summed E-state index contributed by atoms with van der Waals surface area (Å²) in [6.07, 6.45) is 1.52. The second-order valence-corrected chi connectivity index (χ2v) is 7.01. The normalized spacial score (nSPS) is 16.1. The van der Waals surface area contributed by atoms with Crippen LogP contribution in [-0.4, -0.2) is 53.8 Å². The van der Waals surface area contributed by atoms with E-state index in [1.807, 2.05) is 26.8 Å². The summed E-state index contributed by atoms with van der Waals surface area (Å²) in [5.41, 5.74) is 0.927. The van der Waals surface area contributed by atoms with E-state index in [0.717, 1.165) is 18.5 Å². The van der Waals surface area contributed by atoms with Crippen LogP contribution in [0.1, 0.15) is 49.8 Å². The van der Waals surface area contributed by atoms with Crippen molar-refractivity contribution in [2.24, 2.45) is 0 Å². The molecule has 7 nitrogen and oxygen atoms in total. The highest BCUT2D eigenvalue weighted by Gasteiger charge is 2.26. The molecule has 1 aromatic heterocycles. The van der Waals surface area contributed by atoms with Crippen molar-refractivity contribution < 1.29 is 19.1 Å². The van der Waals surface area contributed by atoms with Gasteiger partial charge in [-0.25, -0.2) is 9.59 Å². The highest BCUT2D eigenvalue weighted by atomic mass is 16.6.